The minimum absolute atomic E-state index is 0.0956. The Balaban J connectivity index is 2.10. The Morgan fingerprint density at radius 3 is 2.57 bits per heavy atom. The van der Waals surface area contributed by atoms with E-state index in [9.17, 15) is 9.18 Å². The number of rotatable bonds is 4. The molecule has 0 unspecified atom stereocenters. The SMILES string of the molecule is Cc1ccc(N/C=C(/C#N)C(=O)Nc2ccc(F)cc2)c(Br)c1. The molecule has 0 atom stereocenters. The maximum absolute atomic E-state index is 12.8. The molecule has 0 fully saturated rings. The van der Waals surface area contributed by atoms with Crippen LogP contribution in [-0.2, 0) is 4.79 Å². The van der Waals surface area contributed by atoms with Crippen molar-refractivity contribution in [1.29, 1.82) is 5.26 Å². The van der Waals surface area contributed by atoms with Crippen molar-refractivity contribution in [2.45, 2.75) is 6.92 Å². The van der Waals surface area contributed by atoms with Crippen molar-refractivity contribution in [1.82, 2.24) is 0 Å². The summed E-state index contributed by atoms with van der Waals surface area (Å²) in [6.07, 6.45) is 1.33. The Morgan fingerprint density at radius 2 is 1.96 bits per heavy atom. The zero-order chi connectivity index (χ0) is 16.8. The topological polar surface area (TPSA) is 64.9 Å². The van der Waals surface area contributed by atoms with Crippen LogP contribution in [-0.4, -0.2) is 5.91 Å². The molecule has 1 amide bonds. The summed E-state index contributed by atoms with van der Waals surface area (Å²) in [5.74, 6) is -0.972. The monoisotopic (exact) mass is 373 g/mol. The van der Waals surface area contributed by atoms with E-state index in [1.165, 1.54) is 30.5 Å². The van der Waals surface area contributed by atoms with Crippen LogP contribution >= 0.6 is 15.9 Å². The van der Waals surface area contributed by atoms with Crippen LogP contribution in [0, 0.1) is 24.1 Å². The van der Waals surface area contributed by atoms with E-state index in [1.54, 1.807) is 0 Å². The number of benzene rings is 2. The number of nitriles is 1. The number of nitrogens with zero attached hydrogens (tertiary/aromatic N) is 1. The van der Waals surface area contributed by atoms with Crippen molar-refractivity contribution in [3.05, 3.63) is 70.1 Å². The number of halogens is 2. The number of hydrogen-bond acceptors (Lipinski definition) is 3. The molecular weight excluding hydrogens is 361 g/mol. The minimum atomic E-state index is -0.574. The first-order valence-corrected chi connectivity index (χ1v) is 7.49. The van der Waals surface area contributed by atoms with Gasteiger partial charge in [0.1, 0.15) is 17.5 Å². The molecule has 2 rings (SSSR count). The van der Waals surface area contributed by atoms with Gasteiger partial charge in [-0.2, -0.15) is 5.26 Å². The highest BCUT2D eigenvalue weighted by Crippen LogP contribution is 2.23. The summed E-state index contributed by atoms with van der Waals surface area (Å²) >= 11 is 3.41. The van der Waals surface area contributed by atoms with E-state index in [0.717, 1.165) is 15.7 Å². The van der Waals surface area contributed by atoms with Crippen LogP contribution in [0.4, 0.5) is 15.8 Å². The third-order valence-electron chi connectivity index (χ3n) is 2.96. The third kappa shape index (κ3) is 4.66. The van der Waals surface area contributed by atoms with E-state index in [2.05, 4.69) is 26.6 Å². The standard InChI is InChI=1S/C17H13BrFN3O/c1-11-2-7-16(15(18)8-11)21-10-12(9-20)17(23)22-14-5-3-13(19)4-6-14/h2-8,10,21H,1H3,(H,22,23)/b12-10-. The smallest absolute Gasteiger partial charge is 0.267 e. The molecule has 0 aliphatic carbocycles. The van der Waals surface area contributed by atoms with Gasteiger partial charge in [0.05, 0.1) is 5.69 Å². The molecule has 6 heteroatoms. The van der Waals surface area contributed by atoms with Crippen molar-refractivity contribution in [3.8, 4) is 6.07 Å². The van der Waals surface area contributed by atoms with Gasteiger partial charge in [-0.3, -0.25) is 4.79 Å². The van der Waals surface area contributed by atoms with Gasteiger partial charge in [-0.05, 0) is 64.8 Å². The summed E-state index contributed by atoms with van der Waals surface area (Å²) in [5.41, 5.74) is 2.13. The molecule has 0 bridgehead atoms. The molecule has 0 saturated heterocycles. The van der Waals surface area contributed by atoms with Gasteiger partial charge in [-0.25, -0.2) is 4.39 Å². The second-order valence-electron chi connectivity index (χ2n) is 4.76. The van der Waals surface area contributed by atoms with Crippen molar-refractivity contribution in [2.24, 2.45) is 0 Å². The summed E-state index contributed by atoms with van der Waals surface area (Å²) in [7, 11) is 0. The molecule has 0 heterocycles. The van der Waals surface area contributed by atoms with E-state index in [4.69, 9.17) is 5.26 Å². The number of amides is 1. The molecule has 2 aromatic rings. The molecule has 2 aromatic carbocycles. The Labute approximate surface area is 141 Å². The maximum Gasteiger partial charge on any atom is 0.267 e. The lowest BCUT2D eigenvalue weighted by molar-refractivity contribution is -0.112. The summed E-state index contributed by atoms with van der Waals surface area (Å²) in [5, 5.41) is 14.6. The van der Waals surface area contributed by atoms with Gasteiger partial charge in [0.2, 0.25) is 0 Å². The van der Waals surface area contributed by atoms with Crippen LogP contribution in [0.15, 0.2) is 58.7 Å². The molecule has 0 spiro atoms. The van der Waals surface area contributed by atoms with E-state index in [-0.39, 0.29) is 5.57 Å². The number of hydrogen-bond donors (Lipinski definition) is 2. The van der Waals surface area contributed by atoms with Gasteiger partial charge >= 0.3 is 0 Å². The Hall–Kier alpha value is -2.65. The summed E-state index contributed by atoms with van der Waals surface area (Å²) in [4.78, 5) is 12.0. The number of carbonyl (C=O) groups is 1. The van der Waals surface area contributed by atoms with Gasteiger partial charge < -0.3 is 10.6 Å². The molecule has 0 aliphatic rings. The highest BCUT2D eigenvalue weighted by molar-refractivity contribution is 9.10. The minimum Gasteiger partial charge on any atom is -0.359 e. The predicted octanol–water partition coefficient (Wildman–Crippen LogP) is 4.35. The lowest BCUT2D eigenvalue weighted by atomic mass is 10.2. The average molecular weight is 374 g/mol. The van der Waals surface area contributed by atoms with E-state index >= 15 is 0 Å². The Kier molecular flexibility index (Phi) is 5.50. The van der Waals surface area contributed by atoms with Crippen molar-refractivity contribution in [3.63, 3.8) is 0 Å². The van der Waals surface area contributed by atoms with Crippen LogP contribution in [0.25, 0.3) is 0 Å². The van der Waals surface area contributed by atoms with Crippen molar-refractivity contribution >= 4 is 33.2 Å². The molecule has 2 N–H and O–H groups in total. The zero-order valence-electron chi connectivity index (χ0n) is 12.2. The second-order valence-corrected chi connectivity index (χ2v) is 5.61. The molecule has 0 aromatic heterocycles. The van der Waals surface area contributed by atoms with Gasteiger partial charge in [0.25, 0.3) is 5.91 Å². The third-order valence-corrected chi connectivity index (χ3v) is 3.62. The van der Waals surface area contributed by atoms with Crippen LogP contribution in [0.5, 0.6) is 0 Å². The first kappa shape index (κ1) is 16.7. The van der Waals surface area contributed by atoms with Gasteiger partial charge in [0, 0.05) is 16.4 Å². The van der Waals surface area contributed by atoms with E-state index in [0.29, 0.717) is 5.69 Å². The first-order valence-electron chi connectivity index (χ1n) is 6.69. The highest BCUT2D eigenvalue weighted by atomic mass is 79.9. The fourth-order valence-corrected chi connectivity index (χ4v) is 2.38. The maximum atomic E-state index is 12.8. The highest BCUT2D eigenvalue weighted by Gasteiger charge is 2.09. The number of aryl methyl sites for hydroxylation is 1. The van der Waals surface area contributed by atoms with Crippen LogP contribution in [0.2, 0.25) is 0 Å². The normalized spacial score (nSPS) is 10.8. The van der Waals surface area contributed by atoms with Gasteiger partial charge in [-0.1, -0.05) is 6.07 Å². The largest absolute Gasteiger partial charge is 0.359 e. The molecule has 0 aliphatic heterocycles. The van der Waals surface area contributed by atoms with Gasteiger partial charge in [-0.15, -0.1) is 0 Å². The molecular formula is C17H13BrFN3O. The fourth-order valence-electron chi connectivity index (χ4n) is 1.77. The first-order chi connectivity index (χ1) is 11.0. The lowest BCUT2D eigenvalue weighted by Crippen LogP contribution is -2.14. The zero-order valence-corrected chi connectivity index (χ0v) is 13.8. The molecule has 4 nitrogen and oxygen atoms in total. The fraction of sp³-hybridized carbons (Fsp3) is 0.0588. The summed E-state index contributed by atoms with van der Waals surface area (Å²) in [6, 6.07) is 12.8. The average Bonchev–Trinajstić information content (AvgIpc) is 2.52. The lowest BCUT2D eigenvalue weighted by Gasteiger charge is -2.07. The molecule has 0 radical (unpaired) electrons. The van der Waals surface area contributed by atoms with Gasteiger partial charge in [0.15, 0.2) is 0 Å². The number of anilines is 2. The Bertz CT molecular complexity index is 794. The van der Waals surface area contributed by atoms with E-state index in [1.807, 2.05) is 31.2 Å². The van der Waals surface area contributed by atoms with E-state index < -0.39 is 11.7 Å². The Morgan fingerprint density at radius 1 is 1.26 bits per heavy atom. The van der Waals surface area contributed by atoms with Crippen molar-refractivity contribution in [2.75, 3.05) is 10.6 Å². The second kappa shape index (κ2) is 7.56. The molecule has 23 heavy (non-hydrogen) atoms. The van der Waals surface area contributed by atoms with Crippen molar-refractivity contribution < 1.29 is 9.18 Å². The predicted molar refractivity (Wildman–Crippen MR) is 91.2 cm³/mol. The number of nitrogens with one attached hydrogen (secondary N) is 2. The molecule has 116 valence electrons. The van der Waals surface area contributed by atoms with Crippen LogP contribution < -0.4 is 10.6 Å². The summed E-state index contributed by atoms with van der Waals surface area (Å²) < 4.78 is 13.7. The van der Waals surface area contributed by atoms with Crippen LogP contribution in [0.1, 0.15) is 5.56 Å². The van der Waals surface area contributed by atoms with Crippen LogP contribution in [0.3, 0.4) is 0 Å². The molecule has 0 saturated carbocycles. The number of carbonyl (C=O) groups excluding carboxylic acids is 1. The quantitative estimate of drug-likeness (QED) is 0.618. The summed E-state index contributed by atoms with van der Waals surface area (Å²) in [6.45, 7) is 1.96.